The molecule has 27 heavy (non-hydrogen) atoms. The summed E-state index contributed by atoms with van der Waals surface area (Å²) in [5, 5.41) is 15.3. The van der Waals surface area contributed by atoms with Crippen LogP contribution < -0.4 is 4.74 Å². The summed E-state index contributed by atoms with van der Waals surface area (Å²) in [5.41, 5.74) is 0.436. The van der Waals surface area contributed by atoms with Crippen LogP contribution in [0.25, 0.3) is 0 Å². The molecule has 1 saturated heterocycles. The smallest absolute Gasteiger partial charge is 0.254 e. The van der Waals surface area contributed by atoms with Crippen molar-refractivity contribution in [1.29, 1.82) is 0 Å². The van der Waals surface area contributed by atoms with Crippen LogP contribution in [0.3, 0.4) is 0 Å². The van der Waals surface area contributed by atoms with Crippen molar-refractivity contribution in [2.75, 3.05) is 0 Å². The van der Waals surface area contributed by atoms with E-state index in [1.165, 1.54) is 12.3 Å². The highest BCUT2D eigenvalue weighted by atomic mass is 16.5. The number of hydrogen-bond acceptors (Lipinski definition) is 5. The number of ether oxygens (including phenoxy) is 1. The number of carbonyl (C=O) groups is 2. The number of amides is 2. The summed E-state index contributed by atoms with van der Waals surface area (Å²) in [7, 11) is 0. The zero-order chi connectivity index (χ0) is 18.9. The molecule has 2 bridgehead atoms. The van der Waals surface area contributed by atoms with Gasteiger partial charge in [0.15, 0.2) is 0 Å². The van der Waals surface area contributed by atoms with Crippen LogP contribution in [0.15, 0.2) is 35.5 Å². The molecule has 6 heteroatoms. The average molecular weight is 366 g/mol. The fourth-order valence-electron chi connectivity index (χ4n) is 5.15. The van der Waals surface area contributed by atoms with E-state index in [9.17, 15) is 14.7 Å². The van der Waals surface area contributed by atoms with Gasteiger partial charge < -0.3 is 9.84 Å². The van der Waals surface area contributed by atoms with Gasteiger partial charge in [-0.1, -0.05) is 12.2 Å². The first kappa shape index (κ1) is 16.5. The number of imide groups is 1. The molecule has 3 fully saturated rings. The summed E-state index contributed by atoms with van der Waals surface area (Å²) < 4.78 is 5.54. The Balaban J connectivity index is 1.37. The van der Waals surface area contributed by atoms with Crippen LogP contribution in [0.4, 0.5) is 0 Å². The molecule has 0 aromatic heterocycles. The average Bonchev–Trinajstić information content (AvgIpc) is 3.40. The van der Waals surface area contributed by atoms with Gasteiger partial charge in [0.2, 0.25) is 0 Å². The SMILES string of the molecule is CC(C)Oc1ccc(/C=N\N2C(=O)[C@@H]3[C@H]4C=C[C@@H]([C@@H]5C[C@H]45)[C@H]3C2=O)c(O)c1. The molecule has 1 aromatic rings. The highest BCUT2D eigenvalue weighted by Crippen LogP contribution is 2.65. The van der Waals surface area contributed by atoms with Gasteiger partial charge in [0.1, 0.15) is 11.5 Å². The standard InChI is InChI=1S/C21H22N2O4/c1-10(2)27-12-4-3-11(17(24)7-12)9-22-23-20(25)18-13-5-6-14(16-8-15(13)16)19(18)21(23)26/h3-7,9-10,13-16,18-19,24H,8H2,1-2H3/b22-9-/t13-,14-,15-,16+,18+,19+/m0/s1. The van der Waals surface area contributed by atoms with E-state index >= 15 is 0 Å². The lowest BCUT2D eigenvalue weighted by atomic mass is 9.63. The molecule has 2 amide bonds. The Morgan fingerprint density at radius 2 is 1.78 bits per heavy atom. The molecular weight excluding hydrogens is 344 g/mol. The lowest BCUT2D eigenvalue weighted by Crippen LogP contribution is -2.40. The van der Waals surface area contributed by atoms with Gasteiger partial charge in [-0.25, -0.2) is 0 Å². The van der Waals surface area contributed by atoms with Crippen molar-refractivity contribution in [2.45, 2.75) is 26.4 Å². The van der Waals surface area contributed by atoms with Crippen molar-refractivity contribution in [2.24, 2.45) is 40.6 Å². The number of allylic oxidation sites excluding steroid dienone is 2. The van der Waals surface area contributed by atoms with E-state index < -0.39 is 0 Å². The van der Waals surface area contributed by atoms with Gasteiger partial charge in [-0.2, -0.15) is 10.1 Å². The fourth-order valence-corrected chi connectivity index (χ4v) is 5.15. The number of rotatable bonds is 4. The predicted molar refractivity (Wildman–Crippen MR) is 98.0 cm³/mol. The Morgan fingerprint density at radius 1 is 1.15 bits per heavy atom. The van der Waals surface area contributed by atoms with Gasteiger partial charge in [-0.3, -0.25) is 9.59 Å². The van der Waals surface area contributed by atoms with Crippen LogP contribution in [-0.4, -0.2) is 34.2 Å². The third-order valence-corrected chi connectivity index (χ3v) is 6.33. The van der Waals surface area contributed by atoms with Gasteiger partial charge in [-0.15, -0.1) is 0 Å². The Morgan fingerprint density at radius 3 is 2.33 bits per heavy atom. The van der Waals surface area contributed by atoms with Gasteiger partial charge in [0.05, 0.1) is 24.2 Å². The lowest BCUT2D eigenvalue weighted by Gasteiger charge is -2.37. The number of hydrazone groups is 1. The van der Waals surface area contributed by atoms with Crippen molar-refractivity contribution in [3.05, 3.63) is 35.9 Å². The topological polar surface area (TPSA) is 79.2 Å². The molecular formula is C21H22N2O4. The first-order chi connectivity index (χ1) is 13.0. The van der Waals surface area contributed by atoms with E-state index in [4.69, 9.17) is 4.74 Å². The van der Waals surface area contributed by atoms with Gasteiger partial charge >= 0.3 is 0 Å². The van der Waals surface area contributed by atoms with Gasteiger partial charge in [0.25, 0.3) is 11.8 Å². The summed E-state index contributed by atoms with van der Waals surface area (Å²) in [6, 6.07) is 4.90. The maximum absolute atomic E-state index is 12.9. The van der Waals surface area contributed by atoms with E-state index in [1.54, 1.807) is 12.1 Å². The molecule has 140 valence electrons. The van der Waals surface area contributed by atoms with Crippen LogP contribution in [0.2, 0.25) is 0 Å². The summed E-state index contributed by atoms with van der Waals surface area (Å²) in [6.45, 7) is 3.81. The van der Waals surface area contributed by atoms with Crippen molar-refractivity contribution in [3.8, 4) is 11.5 Å². The van der Waals surface area contributed by atoms with E-state index in [2.05, 4.69) is 17.3 Å². The second-order valence-electron chi connectivity index (χ2n) is 8.27. The van der Waals surface area contributed by atoms with Crippen molar-refractivity contribution in [3.63, 3.8) is 0 Å². The normalized spacial score (nSPS) is 35.9. The molecule has 1 aliphatic heterocycles. The van der Waals surface area contributed by atoms with Crippen LogP contribution in [-0.2, 0) is 9.59 Å². The molecule has 6 rings (SSSR count). The largest absolute Gasteiger partial charge is 0.507 e. The summed E-state index contributed by atoms with van der Waals surface area (Å²) in [4.78, 5) is 25.7. The maximum Gasteiger partial charge on any atom is 0.254 e. The van der Waals surface area contributed by atoms with E-state index in [-0.39, 0.29) is 47.3 Å². The van der Waals surface area contributed by atoms with E-state index in [0.29, 0.717) is 23.1 Å². The molecule has 2 saturated carbocycles. The summed E-state index contributed by atoms with van der Waals surface area (Å²) in [6.07, 6.45) is 6.78. The number of aromatic hydroxyl groups is 1. The minimum Gasteiger partial charge on any atom is -0.507 e. The first-order valence-corrected chi connectivity index (χ1v) is 9.55. The number of benzene rings is 1. The predicted octanol–water partition coefficient (Wildman–Crippen LogP) is 2.57. The minimum atomic E-state index is -0.260. The fraction of sp³-hybridized carbons (Fsp3) is 0.476. The van der Waals surface area contributed by atoms with Crippen molar-refractivity contribution < 1.29 is 19.4 Å². The van der Waals surface area contributed by atoms with E-state index in [1.807, 2.05) is 13.8 Å². The lowest BCUT2D eigenvalue weighted by molar-refractivity contribution is -0.140. The summed E-state index contributed by atoms with van der Waals surface area (Å²) >= 11 is 0. The number of phenols is 1. The third kappa shape index (κ3) is 2.42. The van der Waals surface area contributed by atoms with Gasteiger partial charge in [-0.05, 0) is 56.1 Å². The number of phenolic OH excluding ortho intramolecular Hbond substituents is 1. The molecule has 5 aliphatic rings. The molecule has 0 spiro atoms. The van der Waals surface area contributed by atoms with E-state index in [0.717, 1.165) is 11.4 Å². The molecule has 0 unspecified atom stereocenters. The quantitative estimate of drug-likeness (QED) is 0.505. The monoisotopic (exact) mass is 366 g/mol. The first-order valence-electron chi connectivity index (χ1n) is 9.55. The molecule has 1 N–H and O–H groups in total. The Labute approximate surface area is 157 Å². The van der Waals surface area contributed by atoms with Crippen molar-refractivity contribution in [1.82, 2.24) is 5.01 Å². The summed E-state index contributed by atoms with van der Waals surface area (Å²) in [5.74, 6) is 1.13. The molecule has 1 aromatic carbocycles. The minimum absolute atomic E-state index is 0.00213. The zero-order valence-corrected chi connectivity index (χ0v) is 15.3. The highest BCUT2D eigenvalue weighted by Gasteiger charge is 2.67. The number of hydrogen-bond donors (Lipinski definition) is 1. The molecule has 1 heterocycles. The molecule has 6 atom stereocenters. The van der Waals surface area contributed by atoms with Crippen molar-refractivity contribution >= 4 is 18.0 Å². The zero-order valence-electron chi connectivity index (χ0n) is 15.3. The Kier molecular flexibility index (Phi) is 3.48. The van der Waals surface area contributed by atoms with Crippen LogP contribution in [0, 0.1) is 35.5 Å². The molecule has 0 radical (unpaired) electrons. The van der Waals surface area contributed by atoms with Crippen LogP contribution in [0.1, 0.15) is 25.8 Å². The van der Waals surface area contributed by atoms with Crippen LogP contribution >= 0.6 is 0 Å². The highest BCUT2D eigenvalue weighted by molar-refractivity contribution is 6.06. The maximum atomic E-state index is 12.9. The number of nitrogens with zero attached hydrogens (tertiary/aromatic N) is 2. The Hall–Kier alpha value is -2.63. The molecule has 6 nitrogen and oxygen atoms in total. The van der Waals surface area contributed by atoms with Crippen LogP contribution in [0.5, 0.6) is 11.5 Å². The number of carbonyl (C=O) groups excluding carboxylic acids is 2. The second-order valence-corrected chi connectivity index (χ2v) is 8.27. The second kappa shape index (κ2) is 5.68. The van der Waals surface area contributed by atoms with Gasteiger partial charge in [0, 0.05) is 11.6 Å². The Bertz CT molecular complexity index is 854. The molecule has 4 aliphatic carbocycles. The third-order valence-electron chi connectivity index (χ3n) is 6.33.